The smallest absolute Gasteiger partial charge is 0.242 e. The van der Waals surface area contributed by atoms with Crippen LogP contribution in [0.5, 0.6) is 0 Å². The third-order valence-electron chi connectivity index (χ3n) is 3.93. The molecule has 7 heteroatoms. The molecule has 0 amide bonds. The van der Waals surface area contributed by atoms with Crippen molar-refractivity contribution in [2.45, 2.75) is 50.1 Å². The van der Waals surface area contributed by atoms with Crippen molar-refractivity contribution < 1.29 is 8.42 Å². The fourth-order valence-electron chi connectivity index (χ4n) is 2.62. The lowest BCUT2D eigenvalue weighted by molar-refractivity contribution is 0.332. The van der Waals surface area contributed by atoms with E-state index in [0.717, 1.165) is 25.7 Å². The Bertz CT molecular complexity index is 612. The maximum Gasteiger partial charge on any atom is 0.242 e. The predicted molar refractivity (Wildman–Crippen MR) is 86.1 cm³/mol. The molecule has 0 heterocycles. The van der Waals surface area contributed by atoms with Gasteiger partial charge in [-0.2, -0.15) is 0 Å². The van der Waals surface area contributed by atoms with Crippen LogP contribution in [-0.4, -0.2) is 14.5 Å². The van der Waals surface area contributed by atoms with Gasteiger partial charge in [0.1, 0.15) is 4.90 Å². The average Bonchev–Trinajstić information content (AvgIpc) is 2.43. The van der Waals surface area contributed by atoms with Gasteiger partial charge in [0, 0.05) is 17.6 Å². The minimum atomic E-state index is -3.69. The zero-order valence-electron chi connectivity index (χ0n) is 11.9. The van der Waals surface area contributed by atoms with Crippen molar-refractivity contribution in [2.75, 3.05) is 0 Å². The van der Waals surface area contributed by atoms with Gasteiger partial charge in [0.25, 0.3) is 0 Å². The van der Waals surface area contributed by atoms with Crippen molar-refractivity contribution in [1.29, 1.82) is 0 Å². The van der Waals surface area contributed by atoms with Gasteiger partial charge in [0.2, 0.25) is 10.0 Å². The molecule has 0 saturated heterocycles. The van der Waals surface area contributed by atoms with E-state index in [1.807, 2.05) is 0 Å². The highest BCUT2D eigenvalue weighted by atomic mass is 35.5. The third-order valence-corrected chi connectivity index (χ3v) is 6.25. The Morgan fingerprint density at radius 1 is 1.24 bits per heavy atom. The fourth-order valence-corrected chi connectivity index (χ4v) is 4.87. The third kappa shape index (κ3) is 4.11. The molecule has 1 aromatic carbocycles. The van der Waals surface area contributed by atoms with E-state index >= 15 is 0 Å². The predicted octanol–water partition coefficient (Wildman–Crippen LogP) is 3.31. The molecule has 0 unspecified atom stereocenters. The van der Waals surface area contributed by atoms with Crippen molar-refractivity contribution in [3.63, 3.8) is 0 Å². The van der Waals surface area contributed by atoms with Gasteiger partial charge < -0.3 is 5.73 Å². The molecule has 0 aromatic heterocycles. The summed E-state index contributed by atoms with van der Waals surface area (Å²) < 4.78 is 27.8. The maximum atomic E-state index is 12.5. The summed E-state index contributed by atoms with van der Waals surface area (Å²) in [6, 6.07) is 2.92. The van der Waals surface area contributed by atoms with Gasteiger partial charge in [-0.15, -0.1) is 0 Å². The lowest BCUT2D eigenvalue weighted by atomic mass is 9.88. The highest BCUT2D eigenvalue weighted by molar-refractivity contribution is 7.89. The van der Waals surface area contributed by atoms with E-state index in [1.165, 1.54) is 6.07 Å². The van der Waals surface area contributed by atoms with Gasteiger partial charge in [0.05, 0.1) is 5.02 Å². The Morgan fingerprint density at radius 3 is 2.43 bits per heavy atom. The zero-order chi connectivity index (χ0) is 15.6. The van der Waals surface area contributed by atoms with Gasteiger partial charge in [-0.3, -0.25) is 0 Å². The van der Waals surface area contributed by atoms with Crippen LogP contribution in [-0.2, 0) is 16.6 Å². The number of benzene rings is 1. The topological polar surface area (TPSA) is 72.2 Å². The lowest BCUT2D eigenvalue weighted by Gasteiger charge is -2.27. The van der Waals surface area contributed by atoms with Crippen LogP contribution in [0.3, 0.4) is 0 Å². The van der Waals surface area contributed by atoms with Crippen LogP contribution in [0.4, 0.5) is 0 Å². The van der Waals surface area contributed by atoms with Crippen molar-refractivity contribution in [3.05, 3.63) is 27.7 Å². The second-order valence-corrected chi connectivity index (χ2v) is 8.16. The number of halogens is 2. The number of sulfonamides is 1. The molecule has 118 valence electrons. The molecule has 0 bridgehead atoms. The number of hydrogen-bond acceptors (Lipinski definition) is 3. The molecule has 1 fully saturated rings. The van der Waals surface area contributed by atoms with Crippen molar-refractivity contribution in [3.8, 4) is 0 Å². The first-order valence-corrected chi connectivity index (χ1v) is 9.27. The van der Waals surface area contributed by atoms with E-state index in [2.05, 4.69) is 11.6 Å². The molecule has 1 aliphatic carbocycles. The SMILES string of the molecule is CC1CCC(NS(=O)(=O)c2cc(Cl)cc(CN)c2Cl)CC1. The van der Waals surface area contributed by atoms with Crippen LogP contribution in [0.15, 0.2) is 17.0 Å². The largest absolute Gasteiger partial charge is 0.326 e. The van der Waals surface area contributed by atoms with E-state index in [4.69, 9.17) is 28.9 Å². The van der Waals surface area contributed by atoms with Gasteiger partial charge in [0.15, 0.2) is 0 Å². The normalized spacial score (nSPS) is 23.2. The first-order valence-electron chi connectivity index (χ1n) is 7.04. The van der Waals surface area contributed by atoms with Crippen molar-refractivity contribution in [1.82, 2.24) is 4.72 Å². The minimum Gasteiger partial charge on any atom is -0.326 e. The summed E-state index contributed by atoms with van der Waals surface area (Å²) in [6.45, 7) is 2.33. The Hall–Kier alpha value is -0.330. The molecule has 1 aromatic rings. The van der Waals surface area contributed by atoms with Gasteiger partial charge >= 0.3 is 0 Å². The molecular weight excluding hydrogens is 331 g/mol. The molecule has 1 saturated carbocycles. The van der Waals surface area contributed by atoms with E-state index in [1.54, 1.807) is 6.07 Å². The lowest BCUT2D eigenvalue weighted by Crippen LogP contribution is -2.37. The van der Waals surface area contributed by atoms with Crippen LogP contribution in [0.1, 0.15) is 38.2 Å². The highest BCUT2D eigenvalue weighted by Crippen LogP contribution is 2.31. The van der Waals surface area contributed by atoms with Crippen LogP contribution in [0.2, 0.25) is 10.0 Å². The standard InChI is InChI=1S/C14H20Cl2N2O2S/c1-9-2-4-12(5-3-9)18-21(19,20)13-7-11(15)6-10(8-17)14(13)16/h6-7,9,12,18H,2-5,8,17H2,1H3. The molecule has 0 atom stereocenters. The van der Waals surface area contributed by atoms with E-state index in [0.29, 0.717) is 16.5 Å². The Morgan fingerprint density at radius 2 is 1.86 bits per heavy atom. The molecule has 3 N–H and O–H groups in total. The maximum absolute atomic E-state index is 12.5. The van der Waals surface area contributed by atoms with E-state index in [-0.39, 0.29) is 22.5 Å². The molecular formula is C14H20Cl2N2O2S. The second kappa shape index (κ2) is 6.84. The molecule has 0 aliphatic heterocycles. The van der Waals surface area contributed by atoms with Crippen LogP contribution >= 0.6 is 23.2 Å². The molecule has 0 spiro atoms. The summed E-state index contributed by atoms with van der Waals surface area (Å²) in [5.41, 5.74) is 6.10. The average molecular weight is 351 g/mol. The monoisotopic (exact) mass is 350 g/mol. The summed E-state index contributed by atoms with van der Waals surface area (Å²) in [4.78, 5) is 0.00994. The number of hydrogen-bond donors (Lipinski definition) is 2. The molecule has 2 rings (SSSR count). The molecule has 0 radical (unpaired) electrons. The van der Waals surface area contributed by atoms with E-state index in [9.17, 15) is 8.42 Å². The Balaban J connectivity index is 2.25. The van der Waals surface area contributed by atoms with Gasteiger partial charge in [-0.1, -0.05) is 30.1 Å². The number of nitrogens with one attached hydrogen (secondary N) is 1. The molecule has 4 nitrogen and oxygen atoms in total. The van der Waals surface area contributed by atoms with Crippen LogP contribution in [0, 0.1) is 5.92 Å². The summed E-state index contributed by atoms with van der Waals surface area (Å²) >= 11 is 12.1. The van der Waals surface area contributed by atoms with E-state index < -0.39 is 10.0 Å². The summed E-state index contributed by atoms with van der Waals surface area (Å²) in [6.07, 6.45) is 3.76. The summed E-state index contributed by atoms with van der Waals surface area (Å²) in [5, 5.41) is 0.469. The summed E-state index contributed by atoms with van der Waals surface area (Å²) in [7, 11) is -3.69. The quantitative estimate of drug-likeness (QED) is 0.874. The minimum absolute atomic E-state index is 0.00994. The molecule has 1 aliphatic rings. The fraction of sp³-hybridized carbons (Fsp3) is 0.571. The van der Waals surface area contributed by atoms with Crippen molar-refractivity contribution >= 4 is 33.2 Å². The number of nitrogens with two attached hydrogens (primary N) is 1. The Kier molecular flexibility index (Phi) is 5.54. The first kappa shape index (κ1) is 17.0. The first-order chi connectivity index (χ1) is 9.83. The number of rotatable bonds is 4. The summed E-state index contributed by atoms with van der Waals surface area (Å²) in [5.74, 6) is 0.657. The second-order valence-electron chi connectivity index (χ2n) is 5.66. The van der Waals surface area contributed by atoms with Gasteiger partial charge in [-0.05, 0) is 49.3 Å². The van der Waals surface area contributed by atoms with Crippen molar-refractivity contribution in [2.24, 2.45) is 11.7 Å². The van der Waals surface area contributed by atoms with Gasteiger partial charge in [-0.25, -0.2) is 13.1 Å². The van der Waals surface area contributed by atoms with Crippen LogP contribution in [0.25, 0.3) is 0 Å². The van der Waals surface area contributed by atoms with Crippen LogP contribution < -0.4 is 10.5 Å². The molecule has 21 heavy (non-hydrogen) atoms. The zero-order valence-corrected chi connectivity index (χ0v) is 14.2. The Labute approximate surface area is 136 Å². The highest BCUT2D eigenvalue weighted by Gasteiger charge is 2.26.